The molecule has 0 aliphatic carbocycles. The van der Waals surface area contributed by atoms with E-state index in [4.69, 9.17) is 11.6 Å². The molecule has 0 radical (unpaired) electrons. The fourth-order valence-electron chi connectivity index (χ4n) is 6.60. The van der Waals surface area contributed by atoms with Crippen LogP contribution in [0.15, 0.2) is 114 Å². The van der Waals surface area contributed by atoms with E-state index in [1.54, 1.807) is 12.1 Å². The molecule has 1 fully saturated rings. The lowest BCUT2D eigenvalue weighted by molar-refractivity contribution is -0.119. The van der Waals surface area contributed by atoms with E-state index >= 15 is 0 Å². The van der Waals surface area contributed by atoms with Gasteiger partial charge < -0.3 is 9.80 Å². The van der Waals surface area contributed by atoms with E-state index in [1.165, 1.54) is 11.6 Å². The van der Waals surface area contributed by atoms with Crippen molar-refractivity contribution >= 4 is 28.9 Å². The van der Waals surface area contributed by atoms with Gasteiger partial charge in [-0.05, 0) is 74.2 Å². The van der Waals surface area contributed by atoms with Gasteiger partial charge in [0.1, 0.15) is 11.6 Å². The Kier molecular flexibility index (Phi) is 10.8. The summed E-state index contributed by atoms with van der Waals surface area (Å²) in [4.78, 5) is 26.1. The van der Waals surface area contributed by atoms with Gasteiger partial charge in [-0.15, -0.1) is 0 Å². The molecule has 7 rings (SSSR count). The number of hydrogen-bond donors (Lipinski definition) is 0. The quantitative estimate of drug-likeness (QED) is 0.176. The molecule has 0 atom stereocenters. The van der Waals surface area contributed by atoms with E-state index in [-0.39, 0.29) is 11.7 Å². The molecule has 0 N–H and O–H groups in total. The number of carbonyl (C=O) groups excluding carboxylic acids is 1. The Hall–Kier alpha value is -4.59. The maximum atomic E-state index is 14.3. The fourth-order valence-corrected chi connectivity index (χ4v) is 6.78. The predicted molar refractivity (Wildman–Crippen MR) is 193 cm³/mol. The number of aromatic nitrogens is 2. The normalized spacial score (nSPS) is 14.5. The van der Waals surface area contributed by atoms with Crippen LogP contribution in [-0.2, 0) is 17.8 Å². The van der Waals surface area contributed by atoms with E-state index in [1.807, 2.05) is 72.0 Å². The number of rotatable bonds is 7. The summed E-state index contributed by atoms with van der Waals surface area (Å²) in [5, 5.41) is 0.592. The molecule has 0 unspecified atom stereocenters. The Morgan fingerprint density at radius 2 is 1.60 bits per heavy atom. The second-order valence-electron chi connectivity index (χ2n) is 12.2. The van der Waals surface area contributed by atoms with Crippen molar-refractivity contribution in [1.82, 2.24) is 14.5 Å². The molecule has 2 aliphatic rings. The van der Waals surface area contributed by atoms with Gasteiger partial charge in [-0.1, -0.05) is 79.2 Å². The van der Waals surface area contributed by atoms with Crippen molar-refractivity contribution in [2.24, 2.45) is 4.99 Å². The third-order valence-corrected chi connectivity index (χ3v) is 9.32. The third kappa shape index (κ3) is 7.59. The fraction of sp³-hybridized carbons (Fsp3) is 0.275. The summed E-state index contributed by atoms with van der Waals surface area (Å²) in [6.07, 6.45) is 5.57. The van der Waals surface area contributed by atoms with Crippen molar-refractivity contribution in [3.05, 3.63) is 148 Å². The predicted octanol–water partition coefficient (Wildman–Crippen LogP) is 8.46. The average Bonchev–Trinajstić information content (AvgIpc) is 3.41. The summed E-state index contributed by atoms with van der Waals surface area (Å²) in [6.45, 7) is 7.57. The Morgan fingerprint density at radius 1 is 0.917 bits per heavy atom. The first-order chi connectivity index (χ1) is 23.4. The zero-order chi connectivity index (χ0) is 33.5. The Labute approximate surface area is 287 Å². The second kappa shape index (κ2) is 15.5. The maximum Gasteiger partial charge on any atom is 0.226 e. The number of fused-ring (bicyclic) bond motifs is 3. The minimum absolute atomic E-state index is 0.230. The molecule has 4 aromatic carbocycles. The van der Waals surface area contributed by atoms with Crippen LogP contribution >= 0.6 is 11.6 Å². The number of likely N-dealkylation sites (tertiary alicyclic amines) is 1. The number of aliphatic imine (C=N–C) groups is 1. The number of para-hydroxylation sites is 1. The maximum absolute atomic E-state index is 14.3. The van der Waals surface area contributed by atoms with E-state index in [0.717, 1.165) is 67.4 Å². The van der Waals surface area contributed by atoms with Crippen LogP contribution in [0.2, 0.25) is 5.02 Å². The van der Waals surface area contributed by atoms with Gasteiger partial charge in [-0.3, -0.25) is 14.4 Å². The number of carbonyl (C=O) groups is 1. The van der Waals surface area contributed by atoms with Crippen LogP contribution in [0.4, 0.5) is 10.1 Å². The topological polar surface area (TPSA) is 53.7 Å². The number of imidazole rings is 1. The van der Waals surface area contributed by atoms with Gasteiger partial charge in [-0.2, -0.15) is 0 Å². The lowest BCUT2D eigenvalue weighted by atomic mass is 10.00. The zero-order valence-corrected chi connectivity index (χ0v) is 28.3. The molecule has 0 spiro atoms. The van der Waals surface area contributed by atoms with Crippen molar-refractivity contribution in [3.8, 4) is 5.69 Å². The monoisotopic (exact) mass is 661 g/mol. The second-order valence-corrected chi connectivity index (χ2v) is 12.6. The average molecular weight is 662 g/mol. The summed E-state index contributed by atoms with van der Waals surface area (Å²) in [5.41, 5.74) is 6.23. The van der Waals surface area contributed by atoms with Crippen LogP contribution in [0, 0.1) is 12.7 Å². The number of halogens is 2. The van der Waals surface area contributed by atoms with E-state index in [9.17, 15) is 9.18 Å². The number of nitrogens with zero attached hydrogens (tertiary/aromatic N) is 5. The van der Waals surface area contributed by atoms with Crippen molar-refractivity contribution in [3.63, 3.8) is 0 Å². The van der Waals surface area contributed by atoms with Gasteiger partial charge in [0, 0.05) is 53.9 Å². The highest BCUT2D eigenvalue weighted by molar-refractivity contribution is 6.31. The molecule has 1 saturated heterocycles. The smallest absolute Gasteiger partial charge is 0.226 e. The van der Waals surface area contributed by atoms with Crippen molar-refractivity contribution in [2.75, 3.05) is 24.5 Å². The van der Waals surface area contributed by atoms with Crippen molar-refractivity contribution in [2.45, 2.75) is 52.1 Å². The number of piperidine rings is 1. The summed E-state index contributed by atoms with van der Waals surface area (Å²) < 4.78 is 16.3. The molecule has 8 heteroatoms. The van der Waals surface area contributed by atoms with Gasteiger partial charge >= 0.3 is 0 Å². The van der Waals surface area contributed by atoms with E-state index in [2.05, 4.69) is 57.3 Å². The Bertz CT molecular complexity index is 1870. The Morgan fingerprint density at radius 3 is 2.31 bits per heavy atom. The number of benzene rings is 4. The molecule has 0 bridgehead atoms. The summed E-state index contributed by atoms with van der Waals surface area (Å²) in [6, 6.07) is 33.4. The zero-order valence-electron chi connectivity index (χ0n) is 27.5. The molecule has 3 heterocycles. The highest BCUT2D eigenvalue weighted by Gasteiger charge is 2.28. The van der Waals surface area contributed by atoms with Gasteiger partial charge in [0.05, 0.1) is 29.8 Å². The first kappa shape index (κ1) is 33.3. The van der Waals surface area contributed by atoms with Crippen LogP contribution in [0.1, 0.15) is 54.4 Å². The first-order valence-corrected chi connectivity index (χ1v) is 17.1. The van der Waals surface area contributed by atoms with Gasteiger partial charge in [0.2, 0.25) is 5.91 Å². The highest BCUT2D eigenvalue weighted by Crippen LogP contribution is 2.30. The molecular weight excluding hydrogens is 621 g/mol. The number of hydrogen-bond acceptors (Lipinski definition) is 4. The Balaban J connectivity index is 0.000000168. The van der Waals surface area contributed by atoms with Crippen LogP contribution in [0.25, 0.3) is 5.69 Å². The largest absolute Gasteiger partial charge is 0.309 e. The van der Waals surface area contributed by atoms with Crippen LogP contribution in [0.3, 0.4) is 0 Å². The molecule has 5 aromatic rings. The van der Waals surface area contributed by atoms with Crippen LogP contribution < -0.4 is 4.90 Å². The van der Waals surface area contributed by atoms with Gasteiger partial charge in [0.25, 0.3) is 0 Å². The molecule has 246 valence electrons. The van der Waals surface area contributed by atoms with Gasteiger partial charge in [0.15, 0.2) is 0 Å². The minimum atomic E-state index is -0.293. The molecular formula is C40H41ClFN5O. The van der Waals surface area contributed by atoms with Gasteiger partial charge in [-0.25, -0.2) is 9.37 Å². The lowest BCUT2D eigenvalue weighted by Gasteiger charge is -2.38. The van der Waals surface area contributed by atoms with Crippen LogP contribution in [-0.4, -0.2) is 51.7 Å². The highest BCUT2D eigenvalue weighted by atomic mass is 35.5. The van der Waals surface area contributed by atoms with E-state index in [0.29, 0.717) is 35.3 Å². The number of anilines is 1. The standard InChI is InChI=1S/C22H28N2O.C18H13ClFN3/c1-2-22(25)24(20-11-7-4-8-12-20)21-14-17-23(18-15-21)16-13-19-9-5-3-6-10-19;1-11-21-9-13-10-22-18(14-4-2-3-5-16(14)20)15-8-12(19)6-7-17(15)23(11)13/h3-12,21H,2,13-18H2,1H3;2-9H,10H2,1H3. The van der Waals surface area contributed by atoms with Crippen molar-refractivity contribution in [1.29, 1.82) is 0 Å². The number of amides is 1. The van der Waals surface area contributed by atoms with Crippen molar-refractivity contribution < 1.29 is 9.18 Å². The molecule has 2 aliphatic heterocycles. The first-order valence-electron chi connectivity index (χ1n) is 16.7. The molecule has 6 nitrogen and oxygen atoms in total. The third-order valence-electron chi connectivity index (χ3n) is 9.08. The minimum Gasteiger partial charge on any atom is -0.309 e. The summed E-state index contributed by atoms with van der Waals surface area (Å²) in [7, 11) is 0. The summed E-state index contributed by atoms with van der Waals surface area (Å²) >= 11 is 6.19. The molecule has 1 aromatic heterocycles. The van der Waals surface area contributed by atoms with Crippen LogP contribution in [0.5, 0.6) is 0 Å². The SMILES string of the molecule is CCC(=O)N(c1ccccc1)C1CCN(CCc2ccccc2)CC1.Cc1ncc2n1-c1ccc(Cl)cc1C(c1ccccc1F)=NC2. The summed E-state index contributed by atoms with van der Waals surface area (Å²) in [5.74, 6) is 0.807. The molecule has 48 heavy (non-hydrogen) atoms. The van der Waals surface area contributed by atoms with E-state index < -0.39 is 0 Å². The molecule has 1 amide bonds. The number of aryl methyl sites for hydroxylation is 1. The molecule has 0 saturated carbocycles. The lowest BCUT2D eigenvalue weighted by Crippen LogP contribution is -2.47.